The molecular weight excluding hydrogens is 462 g/mol. The molecule has 0 heterocycles. The normalized spacial score (nSPS) is 10.8. The Hall–Kier alpha value is -1.58. The highest BCUT2D eigenvalue weighted by atomic mass is 127. The van der Waals surface area contributed by atoms with Gasteiger partial charge in [0.05, 0.1) is 13.2 Å². The molecule has 0 spiro atoms. The van der Waals surface area contributed by atoms with E-state index in [-0.39, 0.29) is 41.5 Å². The lowest BCUT2D eigenvalue weighted by Gasteiger charge is -2.19. The summed E-state index contributed by atoms with van der Waals surface area (Å²) < 4.78 is 19.1. The number of benzene rings is 1. The number of ether oxygens (including phenoxy) is 1. The Balaban J connectivity index is 0.00000676. The Morgan fingerprint density at radius 2 is 1.89 bits per heavy atom. The summed E-state index contributed by atoms with van der Waals surface area (Å²) in [6.45, 7) is 11.1. The molecule has 0 saturated heterocycles. The predicted molar refractivity (Wildman–Crippen MR) is 118 cm³/mol. The minimum Gasteiger partial charge on any atom is -0.491 e. The van der Waals surface area contributed by atoms with Gasteiger partial charge in [0.1, 0.15) is 0 Å². The fourth-order valence-electron chi connectivity index (χ4n) is 2.45. The number of nitrogens with zero attached hydrogens (tertiary/aromatic N) is 2. The molecule has 0 fully saturated rings. The topological polar surface area (TPSA) is 66.0 Å². The van der Waals surface area contributed by atoms with Gasteiger partial charge < -0.3 is 20.3 Å². The SMILES string of the molecule is CCNC(=NCc1ccc(OCC)c(F)c1)NCCC(=O)N(CC)CC.I. The van der Waals surface area contributed by atoms with Crippen molar-refractivity contribution in [3.8, 4) is 5.75 Å². The van der Waals surface area contributed by atoms with Gasteiger partial charge >= 0.3 is 0 Å². The van der Waals surface area contributed by atoms with Crippen molar-refractivity contribution < 1.29 is 13.9 Å². The van der Waals surface area contributed by atoms with E-state index in [4.69, 9.17) is 4.74 Å². The first-order chi connectivity index (χ1) is 12.5. The minimum atomic E-state index is -0.387. The van der Waals surface area contributed by atoms with Gasteiger partial charge in [0, 0.05) is 32.6 Å². The smallest absolute Gasteiger partial charge is 0.224 e. The van der Waals surface area contributed by atoms with E-state index in [9.17, 15) is 9.18 Å². The minimum absolute atomic E-state index is 0. The van der Waals surface area contributed by atoms with E-state index < -0.39 is 0 Å². The van der Waals surface area contributed by atoms with Gasteiger partial charge in [0.15, 0.2) is 17.5 Å². The van der Waals surface area contributed by atoms with Gasteiger partial charge in [0.25, 0.3) is 0 Å². The number of carbonyl (C=O) groups excluding carboxylic acids is 1. The van der Waals surface area contributed by atoms with Gasteiger partial charge in [-0.15, -0.1) is 24.0 Å². The van der Waals surface area contributed by atoms with E-state index in [0.29, 0.717) is 51.7 Å². The van der Waals surface area contributed by atoms with E-state index in [1.807, 2.05) is 27.7 Å². The second-order valence-corrected chi connectivity index (χ2v) is 5.64. The van der Waals surface area contributed by atoms with Crippen LogP contribution in [-0.4, -0.2) is 49.6 Å². The van der Waals surface area contributed by atoms with Crippen LogP contribution in [0.5, 0.6) is 5.75 Å². The van der Waals surface area contributed by atoms with Crippen LogP contribution in [0.2, 0.25) is 0 Å². The van der Waals surface area contributed by atoms with Crippen LogP contribution in [0.15, 0.2) is 23.2 Å². The highest BCUT2D eigenvalue weighted by Gasteiger charge is 2.09. The fourth-order valence-corrected chi connectivity index (χ4v) is 2.45. The van der Waals surface area contributed by atoms with E-state index >= 15 is 0 Å². The molecule has 0 saturated carbocycles. The summed E-state index contributed by atoms with van der Waals surface area (Å²) in [5.74, 6) is 0.587. The molecule has 0 aliphatic carbocycles. The number of halogens is 2. The summed E-state index contributed by atoms with van der Waals surface area (Å²) >= 11 is 0. The number of aliphatic imine (C=N–C) groups is 1. The number of hydrogen-bond acceptors (Lipinski definition) is 3. The van der Waals surface area contributed by atoms with Crippen LogP contribution in [0, 0.1) is 5.82 Å². The van der Waals surface area contributed by atoms with Crippen LogP contribution in [0.25, 0.3) is 0 Å². The molecule has 0 aliphatic rings. The first-order valence-corrected chi connectivity index (χ1v) is 9.26. The lowest BCUT2D eigenvalue weighted by molar-refractivity contribution is -0.130. The molecule has 0 bridgehead atoms. The zero-order chi connectivity index (χ0) is 19.4. The van der Waals surface area contributed by atoms with Gasteiger partial charge in [-0.25, -0.2) is 9.38 Å². The summed E-state index contributed by atoms with van der Waals surface area (Å²) in [6.07, 6.45) is 0.407. The molecule has 1 aromatic carbocycles. The molecule has 8 heteroatoms. The molecule has 1 amide bonds. The summed E-state index contributed by atoms with van der Waals surface area (Å²) in [4.78, 5) is 18.3. The van der Waals surface area contributed by atoms with Crippen LogP contribution < -0.4 is 15.4 Å². The average Bonchev–Trinajstić information content (AvgIpc) is 2.63. The van der Waals surface area contributed by atoms with Crippen molar-refractivity contribution in [2.45, 2.75) is 40.7 Å². The molecule has 2 N–H and O–H groups in total. The maximum absolute atomic E-state index is 13.9. The van der Waals surface area contributed by atoms with E-state index in [1.54, 1.807) is 17.0 Å². The lowest BCUT2D eigenvalue weighted by atomic mass is 10.2. The second kappa shape index (κ2) is 14.5. The largest absolute Gasteiger partial charge is 0.491 e. The highest BCUT2D eigenvalue weighted by molar-refractivity contribution is 14.0. The maximum Gasteiger partial charge on any atom is 0.224 e. The van der Waals surface area contributed by atoms with Crippen LogP contribution in [0.3, 0.4) is 0 Å². The zero-order valence-corrected chi connectivity index (χ0v) is 19.0. The molecule has 1 aromatic rings. The van der Waals surface area contributed by atoms with E-state index in [1.165, 1.54) is 6.07 Å². The van der Waals surface area contributed by atoms with Crippen molar-refractivity contribution in [2.75, 3.05) is 32.8 Å². The first-order valence-electron chi connectivity index (χ1n) is 9.26. The molecule has 6 nitrogen and oxygen atoms in total. The molecule has 0 aliphatic heterocycles. The van der Waals surface area contributed by atoms with Gasteiger partial charge in [-0.05, 0) is 45.4 Å². The summed E-state index contributed by atoms with van der Waals surface area (Å²) in [5.41, 5.74) is 0.752. The average molecular weight is 494 g/mol. The van der Waals surface area contributed by atoms with Crippen LogP contribution in [0.1, 0.15) is 39.7 Å². The maximum atomic E-state index is 13.9. The number of guanidine groups is 1. The van der Waals surface area contributed by atoms with Crippen molar-refractivity contribution in [2.24, 2.45) is 4.99 Å². The molecule has 1 rings (SSSR count). The fraction of sp³-hybridized carbons (Fsp3) is 0.579. The molecule has 0 radical (unpaired) electrons. The van der Waals surface area contributed by atoms with Crippen molar-refractivity contribution in [3.63, 3.8) is 0 Å². The summed E-state index contributed by atoms with van der Waals surface area (Å²) in [5, 5.41) is 6.27. The van der Waals surface area contributed by atoms with Gasteiger partial charge in [-0.3, -0.25) is 4.79 Å². The zero-order valence-electron chi connectivity index (χ0n) is 16.7. The first kappa shape index (κ1) is 25.4. The van der Waals surface area contributed by atoms with Crippen molar-refractivity contribution >= 4 is 35.8 Å². The third-order valence-electron chi connectivity index (χ3n) is 3.81. The highest BCUT2D eigenvalue weighted by Crippen LogP contribution is 2.18. The third kappa shape index (κ3) is 9.25. The van der Waals surface area contributed by atoms with E-state index in [2.05, 4.69) is 15.6 Å². The molecule has 154 valence electrons. The predicted octanol–water partition coefficient (Wildman–Crippen LogP) is 3.16. The molecule has 0 aromatic heterocycles. The number of carbonyl (C=O) groups is 1. The van der Waals surface area contributed by atoms with Crippen LogP contribution in [-0.2, 0) is 11.3 Å². The summed E-state index contributed by atoms with van der Waals surface area (Å²) in [6, 6.07) is 4.85. The Morgan fingerprint density at radius 1 is 1.19 bits per heavy atom. The molecule has 27 heavy (non-hydrogen) atoms. The Bertz CT molecular complexity index is 595. The molecular formula is C19H32FIN4O2. The van der Waals surface area contributed by atoms with Crippen molar-refractivity contribution in [1.29, 1.82) is 0 Å². The van der Waals surface area contributed by atoms with Gasteiger partial charge in [-0.2, -0.15) is 0 Å². The number of nitrogens with one attached hydrogen (secondary N) is 2. The number of rotatable bonds is 10. The third-order valence-corrected chi connectivity index (χ3v) is 3.81. The van der Waals surface area contributed by atoms with E-state index in [0.717, 1.165) is 5.56 Å². The molecule has 0 unspecified atom stereocenters. The van der Waals surface area contributed by atoms with Crippen LogP contribution in [0.4, 0.5) is 4.39 Å². The summed E-state index contributed by atoms with van der Waals surface area (Å²) in [7, 11) is 0. The van der Waals surface area contributed by atoms with Crippen molar-refractivity contribution in [1.82, 2.24) is 15.5 Å². The Morgan fingerprint density at radius 3 is 2.44 bits per heavy atom. The van der Waals surface area contributed by atoms with Crippen LogP contribution >= 0.6 is 24.0 Å². The van der Waals surface area contributed by atoms with Gasteiger partial charge in [-0.1, -0.05) is 6.07 Å². The van der Waals surface area contributed by atoms with Crippen molar-refractivity contribution in [3.05, 3.63) is 29.6 Å². The number of amides is 1. The van der Waals surface area contributed by atoms with Gasteiger partial charge in [0.2, 0.25) is 5.91 Å². The quantitative estimate of drug-likeness (QED) is 0.298. The standard InChI is InChI=1S/C19H31FN4O2.HI/c1-5-21-19(22-12-11-18(25)24(6-2)7-3)23-14-15-9-10-17(26-8-4)16(20)13-15;/h9-10,13H,5-8,11-12,14H2,1-4H3,(H2,21,22,23);1H. The monoisotopic (exact) mass is 494 g/mol. The molecule has 0 atom stereocenters. The second-order valence-electron chi connectivity index (χ2n) is 5.64. The number of hydrogen-bond donors (Lipinski definition) is 2. The lowest BCUT2D eigenvalue weighted by Crippen LogP contribution is -2.40. The Labute approximate surface area is 179 Å². The Kier molecular flexibility index (Phi) is 13.6.